The van der Waals surface area contributed by atoms with Crippen LogP contribution in [0.4, 0.5) is 0 Å². The Balaban J connectivity index is 1.89. The van der Waals surface area contributed by atoms with Gasteiger partial charge < -0.3 is 9.47 Å². The summed E-state index contributed by atoms with van der Waals surface area (Å²) in [6.45, 7) is 11.3. The van der Waals surface area contributed by atoms with Gasteiger partial charge in [-0.25, -0.2) is 0 Å². The molecule has 0 N–H and O–H groups in total. The lowest BCUT2D eigenvalue weighted by atomic mass is 10.1. The molecule has 108 valence electrons. The zero-order valence-corrected chi connectivity index (χ0v) is 12.9. The van der Waals surface area contributed by atoms with Crippen LogP contribution in [0.2, 0.25) is 0 Å². The van der Waals surface area contributed by atoms with E-state index in [0.717, 1.165) is 13.1 Å². The summed E-state index contributed by atoms with van der Waals surface area (Å²) < 4.78 is 2.47. The summed E-state index contributed by atoms with van der Waals surface area (Å²) in [7, 11) is 2.21. The summed E-state index contributed by atoms with van der Waals surface area (Å²) in [5, 5.41) is 1.42. The summed E-state index contributed by atoms with van der Waals surface area (Å²) >= 11 is 0. The maximum absolute atomic E-state index is 2.58. The zero-order chi connectivity index (χ0) is 14.1. The van der Waals surface area contributed by atoms with E-state index in [1.54, 1.807) is 0 Å². The number of fused-ring (bicyclic) bond motifs is 1. The van der Waals surface area contributed by atoms with Crippen LogP contribution in [0.15, 0.2) is 24.3 Å². The highest BCUT2D eigenvalue weighted by atomic mass is 15.2. The summed E-state index contributed by atoms with van der Waals surface area (Å²) in [6.07, 6.45) is 0. The first kappa shape index (κ1) is 13.7. The van der Waals surface area contributed by atoms with E-state index < -0.39 is 0 Å². The summed E-state index contributed by atoms with van der Waals surface area (Å²) in [4.78, 5) is 4.99. The fraction of sp³-hybridized carbons (Fsp3) is 0.529. The van der Waals surface area contributed by atoms with Gasteiger partial charge in [-0.3, -0.25) is 4.90 Å². The number of nitrogens with zero attached hydrogens (tertiary/aromatic N) is 3. The number of aryl methyl sites for hydroxylation is 2. The van der Waals surface area contributed by atoms with Crippen LogP contribution in [0.1, 0.15) is 18.2 Å². The molecule has 0 amide bonds. The fourth-order valence-corrected chi connectivity index (χ4v) is 3.23. The van der Waals surface area contributed by atoms with Crippen molar-refractivity contribution >= 4 is 10.9 Å². The normalized spacial score (nSPS) is 17.9. The molecule has 3 heteroatoms. The zero-order valence-electron chi connectivity index (χ0n) is 12.9. The minimum Gasteiger partial charge on any atom is -0.344 e. The van der Waals surface area contributed by atoms with Gasteiger partial charge in [0.25, 0.3) is 0 Å². The lowest BCUT2D eigenvalue weighted by molar-refractivity contribution is 0.146. The monoisotopic (exact) mass is 271 g/mol. The second kappa shape index (κ2) is 5.58. The smallest absolute Gasteiger partial charge is 0.0485 e. The topological polar surface area (TPSA) is 11.4 Å². The Kier molecular flexibility index (Phi) is 3.81. The van der Waals surface area contributed by atoms with Crippen molar-refractivity contribution in [2.45, 2.75) is 26.9 Å². The van der Waals surface area contributed by atoms with Gasteiger partial charge in [0.1, 0.15) is 0 Å². The number of aromatic nitrogens is 1. The number of likely N-dealkylation sites (N-methyl/N-ethyl adjacent to an activating group) is 1. The minimum atomic E-state index is 1.05. The Morgan fingerprint density at radius 1 is 1.10 bits per heavy atom. The van der Waals surface area contributed by atoms with Gasteiger partial charge in [-0.1, -0.05) is 12.1 Å². The van der Waals surface area contributed by atoms with E-state index in [1.165, 1.54) is 48.3 Å². The molecule has 0 spiro atoms. The number of benzene rings is 1. The molecule has 0 bridgehead atoms. The molecule has 1 aromatic carbocycles. The average Bonchev–Trinajstić information content (AvgIpc) is 2.80. The molecule has 0 aliphatic carbocycles. The van der Waals surface area contributed by atoms with E-state index in [1.807, 2.05) is 0 Å². The predicted octanol–water partition coefficient (Wildman–Crippen LogP) is 2.72. The lowest BCUT2D eigenvalue weighted by Crippen LogP contribution is -2.44. The first-order valence-electron chi connectivity index (χ1n) is 7.67. The molecule has 1 fully saturated rings. The van der Waals surface area contributed by atoms with Crippen molar-refractivity contribution in [1.82, 2.24) is 14.4 Å². The molecule has 1 aromatic heterocycles. The van der Waals surface area contributed by atoms with Crippen LogP contribution in [0.5, 0.6) is 0 Å². The van der Waals surface area contributed by atoms with E-state index in [2.05, 4.69) is 59.5 Å². The molecule has 0 atom stereocenters. The van der Waals surface area contributed by atoms with Gasteiger partial charge in [0.2, 0.25) is 0 Å². The second-order valence-corrected chi connectivity index (χ2v) is 5.97. The molecule has 2 aromatic rings. The standard InChI is InChI=1S/C17H25N3/c1-4-20-15(13-19-10-8-18(3)9-11-19)12-16-14(2)6-5-7-17(16)20/h5-7,12H,4,8-11,13H2,1-3H3. The van der Waals surface area contributed by atoms with Gasteiger partial charge in [-0.2, -0.15) is 0 Å². The van der Waals surface area contributed by atoms with Crippen molar-refractivity contribution in [3.05, 3.63) is 35.5 Å². The molecule has 20 heavy (non-hydrogen) atoms. The van der Waals surface area contributed by atoms with Crippen molar-refractivity contribution in [2.24, 2.45) is 0 Å². The third-order valence-corrected chi connectivity index (χ3v) is 4.55. The third kappa shape index (κ3) is 2.48. The van der Waals surface area contributed by atoms with Crippen LogP contribution in [0.3, 0.4) is 0 Å². The van der Waals surface area contributed by atoms with E-state index in [4.69, 9.17) is 0 Å². The quantitative estimate of drug-likeness (QED) is 0.850. The molecule has 0 saturated carbocycles. The fourth-order valence-electron chi connectivity index (χ4n) is 3.23. The first-order valence-corrected chi connectivity index (χ1v) is 7.67. The molecule has 1 saturated heterocycles. The molecule has 0 radical (unpaired) electrons. The Morgan fingerprint density at radius 2 is 1.85 bits per heavy atom. The highest BCUT2D eigenvalue weighted by molar-refractivity contribution is 5.84. The van der Waals surface area contributed by atoms with Gasteiger partial charge in [-0.15, -0.1) is 0 Å². The highest BCUT2D eigenvalue weighted by Crippen LogP contribution is 2.24. The molecule has 3 rings (SSSR count). The molecule has 3 nitrogen and oxygen atoms in total. The molecular weight excluding hydrogens is 246 g/mol. The van der Waals surface area contributed by atoms with Crippen LogP contribution in [-0.2, 0) is 13.1 Å². The summed E-state index contributed by atoms with van der Waals surface area (Å²) in [6, 6.07) is 9.03. The number of rotatable bonds is 3. The Bertz CT molecular complexity index is 592. The van der Waals surface area contributed by atoms with Crippen LogP contribution in [-0.4, -0.2) is 47.6 Å². The van der Waals surface area contributed by atoms with E-state index in [0.29, 0.717) is 0 Å². The Labute approximate surface area is 121 Å². The van der Waals surface area contributed by atoms with Crippen LogP contribution in [0, 0.1) is 6.92 Å². The van der Waals surface area contributed by atoms with Crippen molar-refractivity contribution in [2.75, 3.05) is 33.2 Å². The third-order valence-electron chi connectivity index (χ3n) is 4.55. The maximum atomic E-state index is 2.58. The van der Waals surface area contributed by atoms with Crippen molar-refractivity contribution < 1.29 is 0 Å². The van der Waals surface area contributed by atoms with E-state index in [9.17, 15) is 0 Å². The van der Waals surface area contributed by atoms with Gasteiger partial charge >= 0.3 is 0 Å². The lowest BCUT2D eigenvalue weighted by Gasteiger charge is -2.32. The highest BCUT2D eigenvalue weighted by Gasteiger charge is 2.16. The molecule has 0 unspecified atom stereocenters. The number of piperazine rings is 1. The summed E-state index contributed by atoms with van der Waals surface area (Å²) in [5.41, 5.74) is 4.23. The molecule has 2 heterocycles. The van der Waals surface area contributed by atoms with Crippen molar-refractivity contribution in [3.8, 4) is 0 Å². The maximum Gasteiger partial charge on any atom is 0.0485 e. The van der Waals surface area contributed by atoms with E-state index >= 15 is 0 Å². The van der Waals surface area contributed by atoms with Gasteiger partial charge in [0, 0.05) is 55.9 Å². The SMILES string of the molecule is CCn1c(CN2CCN(C)CC2)cc2c(C)cccc21. The average molecular weight is 271 g/mol. The predicted molar refractivity (Wildman–Crippen MR) is 85.1 cm³/mol. The van der Waals surface area contributed by atoms with Crippen LogP contribution < -0.4 is 0 Å². The Hall–Kier alpha value is -1.32. The first-order chi connectivity index (χ1) is 9.69. The second-order valence-electron chi connectivity index (χ2n) is 5.97. The van der Waals surface area contributed by atoms with Crippen molar-refractivity contribution in [3.63, 3.8) is 0 Å². The summed E-state index contributed by atoms with van der Waals surface area (Å²) in [5.74, 6) is 0. The van der Waals surface area contributed by atoms with Gasteiger partial charge in [0.05, 0.1) is 0 Å². The molecule has 1 aliphatic rings. The van der Waals surface area contributed by atoms with Crippen LogP contribution >= 0.6 is 0 Å². The minimum absolute atomic E-state index is 1.05. The van der Waals surface area contributed by atoms with Gasteiger partial charge in [-0.05, 0) is 38.6 Å². The number of hydrogen-bond donors (Lipinski definition) is 0. The number of hydrogen-bond acceptors (Lipinski definition) is 2. The largest absolute Gasteiger partial charge is 0.344 e. The van der Waals surface area contributed by atoms with Crippen LogP contribution in [0.25, 0.3) is 10.9 Å². The van der Waals surface area contributed by atoms with Gasteiger partial charge in [0.15, 0.2) is 0 Å². The van der Waals surface area contributed by atoms with E-state index in [-0.39, 0.29) is 0 Å². The molecular formula is C17H25N3. The van der Waals surface area contributed by atoms with Crippen molar-refractivity contribution in [1.29, 1.82) is 0 Å². The Morgan fingerprint density at radius 3 is 2.55 bits per heavy atom. The molecule has 1 aliphatic heterocycles.